The number of rotatable bonds is 5. The minimum atomic E-state index is -0.752. The van der Waals surface area contributed by atoms with E-state index in [0.29, 0.717) is 0 Å². The van der Waals surface area contributed by atoms with Crippen molar-refractivity contribution >= 4 is 23.3 Å². The SMILES string of the molecule is CCOC(=O)/C(NO)=C(\C)Nc1cccc(Cl)c1F. The number of hydrogen-bond acceptors (Lipinski definition) is 5. The molecule has 0 spiro atoms. The lowest BCUT2D eigenvalue weighted by molar-refractivity contribution is -0.140. The molecule has 0 atom stereocenters. The summed E-state index contributed by atoms with van der Waals surface area (Å²) in [6, 6.07) is 4.40. The number of carbonyl (C=O) groups is 1. The Kier molecular flexibility index (Phi) is 5.59. The number of benzene rings is 1. The highest BCUT2D eigenvalue weighted by Gasteiger charge is 2.15. The molecule has 104 valence electrons. The van der Waals surface area contributed by atoms with Crippen LogP contribution in [0.5, 0.6) is 0 Å². The van der Waals surface area contributed by atoms with Gasteiger partial charge in [0.2, 0.25) is 0 Å². The fraction of sp³-hybridized carbons (Fsp3) is 0.250. The van der Waals surface area contributed by atoms with E-state index >= 15 is 0 Å². The molecular formula is C12H14ClFN2O3. The number of anilines is 1. The van der Waals surface area contributed by atoms with Crippen LogP contribution < -0.4 is 10.8 Å². The molecule has 0 saturated carbocycles. The Hall–Kier alpha value is -1.79. The minimum Gasteiger partial charge on any atom is -0.461 e. The molecule has 7 heteroatoms. The first-order valence-corrected chi connectivity index (χ1v) is 5.88. The number of hydrogen-bond donors (Lipinski definition) is 3. The Bertz CT molecular complexity index is 506. The molecule has 0 radical (unpaired) electrons. The second-order valence-corrected chi connectivity index (χ2v) is 3.97. The summed E-state index contributed by atoms with van der Waals surface area (Å²) < 4.78 is 18.4. The maximum absolute atomic E-state index is 13.7. The fourth-order valence-electron chi connectivity index (χ4n) is 1.35. The van der Waals surface area contributed by atoms with Gasteiger partial charge in [0.25, 0.3) is 0 Å². The highest BCUT2D eigenvalue weighted by molar-refractivity contribution is 6.31. The zero-order chi connectivity index (χ0) is 14.4. The van der Waals surface area contributed by atoms with Crippen molar-refractivity contribution < 1.29 is 19.1 Å². The Morgan fingerprint density at radius 1 is 1.53 bits per heavy atom. The molecule has 3 N–H and O–H groups in total. The van der Waals surface area contributed by atoms with E-state index in [-0.39, 0.29) is 28.7 Å². The summed E-state index contributed by atoms with van der Waals surface area (Å²) in [5, 5.41) is 11.5. The Balaban J connectivity index is 3.01. The van der Waals surface area contributed by atoms with Crippen LogP contribution in [0.4, 0.5) is 10.1 Å². The van der Waals surface area contributed by atoms with E-state index in [4.69, 9.17) is 21.5 Å². The highest BCUT2D eigenvalue weighted by Crippen LogP contribution is 2.23. The van der Waals surface area contributed by atoms with Crippen LogP contribution in [0.25, 0.3) is 0 Å². The van der Waals surface area contributed by atoms with Gasteiger partial charge in [-0.3, -0.25) is 10.7 Å². The monoisotopic (exact) mass is 288 g/mol. The van der Waals surface area contributed by atoms with E-state index < -0.39 is 11.8 Å². The molecule has 0 aliphatic carbocycles. The maximum Gasteiger partial charge on any atom is 0.358 e. The van der Waals surface area contributed by atoms with Gasteiger partial charge in [-0.05, 0) is 26.0 Å². The first kappa shape index (κ1) is 15.3. The van der Waals surface area contributed by atoms with Crippen molar-refractivity contribution in [1.82, 2.24) is 5.48 Å². The molecule has 0 fully saturated rings. The van der Waals surface area contributed by atoms with Gasteiger partial charge in [0.05, 0.1) is 17.3 Å². The van der Waals surface area contributed by atoms with Crippen molar-refractivity contribution in [3.05, 3.63) is 40.4 Å². The van der Waals surface area contributed by atoms with Gasteiger partial charge in [0.15, 0.2) is 11.5 Å². The van der Waals surface area contributed by atoms with Crippen molar-refractivity contribution in [3.63, 3.8) is 0 Å². The minimum absolute atomic E-state index is 0.0487. The summed E-state index contributed by atoms with van der Waals surface area (Å²) in [6.07, 6.45) is 0. The quantitative estimate of drug-likeness (QED) is 0.441. The molecule has 0 unspecified atom stereocenters. The first-order chi connectivity index (χ1) is 9.01. The normalized spacial score (nSPS) is 11.6. The fourth-order valence-corrected chi connectivity index (χ4v) is 1.53. The molecule has 1 aromatic rings. The van der Waals surface area contributed by atoms with Gasteiger partial charge in [-0.25, -0.2) is 9.18 Å². The van der Waals surface area contributed by atoms with Gasteiger partial charge in [-0.2, -0.15) is 0 Å². The number of allylic oxidation sites excluding steroid dienone is 1. The molecule has 1 rings (SSSR count). The standard InChI is InChI=1S/C12H14ClFN2O3/c1-3-19-12(17)11(16-18)7(2)15-9-6-4-5-8(13)10(9)14/h4-6,15-16,18H,3H2,1-2H3/b11-7-. The number of esters is 1. The molecule has 0 aromatic heterocycles. The number of ether oxygens (including phenoxy) is 1. The largest absolute Gasteiger partial charge is 0.461 e. The van der Waals surface area contributed by atoms with E-state index in [1.807, 2.05) is 0 Å². The molecule has 5 nitrogen and oxygen atoms in total. The topological polar surface area (TPSA) is 70.6 Å². The van der Waals surface area contributed by atoms with Crippen LogP contribution >= 0.6 is 11.6 Å². The summed E-state index contributed by atoms with van der Waals surface area (Å²) in [6.45, 7) is 3.27. The van der Waals surface area contributed by atoms with Gasteiger partial charge in [-0.15, -0.1) is 0 Å². The zero-order valence-corrected chi connectivity index (χ0v) is 11.2. The Morgan fingerprint density at radius 2 is 2.21 bits per heavy atom. The van der Waals surface area contributed by atoms with E-state index in [2.05, 4.69) is 5.32 Å². The van der Waals surface area contributed by atoms with E-state index in [1.54, 1.807) is 18.5 Å². The van der Waals surface area contributed by atoms with Gasteiger partial charge in [0, 0.05) is 5.70 Å². The van der Waals surface area contributed by atoms with E-state index in [0.717, 1.165) is 0 Å². The maximum atomic E-state index is 13.7. The smallest absolute Gasteiger partial charge is 0.358 e. The number of carbonyl (C=O) groups excluding carboxylic acids is 1. The predicted octanol–water partition coefficient (Wildman–Crippen LogP) is 2.66. The van der Waals surface area contributed by atoms with Crippen LogP contribution in [0.15, 0.2) is 29.6 Å². The number of nitrogens with one attached hydrogen (secondary N) is 2. The average molecular weight is 289 g/mol. The highest BCUT2D eigenvalue weighted by atomic mass is 35.5. The summed E-state index contributed by atoms with van der Waals surface area (Å²) in [5.74, 6) is -1.40. The van der Waals surface area contributed by atoms with Crippen LogP contribution in [0.2, 0.25) is 5.02 Å². The van der Waals surface area contributed by atoms with Crippen LogP contribution in [0.1, 0.15) is 13.8 Å². The molecule has 0 amide bonds. The predicted molar refractivity (Wildman–Crippen MR) is 69.3 cm³/mol. The molecule has 0 saturated heterocycles. The lowest BCUT2D eigenvalue weighted by atomic mass is 10.2. The average Bonchev–Trinajstić information content (AvgIpc) is 2.36. The van der Waals surface area contributed by atoms with Crippen molar-refractivity contribution in [1.29, 1.82) is 0 Å². The zero-order valence-electron chi connectivity index (χ0n) is 10.5. The number of halogens is 2. The van der Waals surface area contributed by atoms with E-state index in [9.17, 15) is 9.18 Å². The first-order valence-electron chi connectivity index (χ1n) is 5.50. The van der Waals surface area contributed by atoms with Crippen LogP contribution in [-0.2, 0) is 9.53 Å². The lowest BCUT2D eigenvalue weighted by Gasteiger charge is -2.13. The van der Waals surface area contributed by atoms with Crippen LogP contribution in [0.3, 0.4) is 0 Å². The third-order valence-electron chi connectivity index (χ3n) is 2.24. The summed E-state index contributed by atoms with van der Waals surface area (Å²) in [7, 11) is 0. The van der Waals surface area contributed by atoms with Gasteiger partial charge < -0.3 is 10.1 Å². The number of hydroxylamine groups is 1. The summed E-state index contributed by atoms with van der Waals surface area (Å²) in [5.41, 5.74) is 1.80. The van der Waals surface area contributed by atoms with Crippen molar-refractivity contribution in [3.8, 4) is 0 Å². The van der Waals surface area contributed by atoms with Gasteiger partial charge in [0.1, 0.15) is 0 Å². The van der Waals surface area contributed by atoms with Crippen molar-refractivity contribution in [2.24, 2.45) is 0 Å². The molecule has 0 aliphatic rings. The third kappa shape index (κ3) is 3.84. The summed E-state index contributed by atoms with van der Waals surface area (Å²) >= 11 is 5.64. The van der Waals surface area contributed by atoms with Crippen molar-refractivity contribution in [2.45, 2.75) is 13.8 Å². The van der Waals surface area contributed by atoms with Crippen LogP contribution in [0, 0.1) is 5.82 Å². The second-order valence-electron chi connectivity index (χ2n) is 3.56. The molecule has 1 aromatic carbocycles. The molecule has 19 heavy (non-hydrogen) atoms. The molecular weight excluding hydrogens is 275 g/mol. The van der Waals surface area contributed by atoms with Crippen molar-refractivity contribution in [2.75, 3.05) is 11.9 Å². The lowest BCUT2D eigenvalue weighted by Crippen LogP contribution is -2.23. The second kappa shape index (κ2) is 6.96. The molecule has 0 bridgehead atoms. The van der Waals surface area contributed by atoms with E-state index in [1.165, 1.54) is 19.1 Å². The Morgan fingerprint density at radius 3 is 2.79 bits per heavy atom. The third-order valence-corrected chi connectivity index (χ3v) is 2.53. The van der Waals surface area contributed by atoms with Gasteiger partial charge in [-0.1, -0.05) is 17.7 Å². The molecule has 0 aliphatic heterocycles. The summed E-state index contributed by atoms with van der Waals surface area (Å²) in [4.78, 5) is 11.5. The van der Waals surface area contributed by atoms with Crippen LogP contribution in [-0.4, -0.2) is 17.8 Å². The van der Waals surface area contributed by atoms with Gasteiger partial charge >= 0.3 is 5.97 Å². The molecule has 0 heterocycles. The Labute approximate surface area is 115 Å².